The smallest absolute Gasteiger partial charge is 0.326 e. The first-order valence-corrected chi connectivity index (χ1v) is 6.92. The average Bonchev–Trinajstić information content (AvgIpc) is 3.21. The maximum atomic E-state index is 13.2. The summed E-state index contributed by atoms with van der Waals surface area (Å²) >= 11 is 0. The lowest BCUT2D eigenvalue weighted by Gasteiger charge is -2.13. The summed E-state index contributed by atoms with van der Waals surface area (Å²) in [6.45, 7) is 1.84. The van der Waals surface area contributed by atoms with Gasteiger partial charge in [0.2, 0.25) is 5.91 Å². The van der Waals surface area contributed by atoms with Crippen molar-refractivity contribution < 1.29 is 23.5 Å². The molecule has 114 valence electrons. The molecule has 1 amide bonds. The number of aliphatic carboxylic acids is 1. The Labute approximate surface area is 121 Å². The van der Waals surface area contributed by atoms with Crippen molar-refractivity contribution in [2.45, 2.75) is 38.1 Å². The molecule has 1 aromatic rings. The van der Waals surface area contributed by atoms with E-state index < -0.39 is 23.6 Å². The Morgan fingerprint density at radius 1 is 1.38 bits per heavy atom. The van der Waals surface area contributed by atoms with Gasteiger partial charge in [-0.2, -0.15) is 0 Å². The molecule has 0 aliphatic heterocycles. The predicted molar refractivity (Wildman–Crippen MR) is 71.7 cm³/mol. The molecule has 1 aromatic carbocycles. The Balaban J connectivity index is 1.97. The van der Waals surface area contributed by atoms with E-state index in [2.05, 4.69) is 5.32 Å². The molecule has 0 spiro atoms. The highest BCUT2D eigenvalue weighted by molar-refractivity contribution is 5.87. The summed E-state index contributed by atoms with van der Waals surface area (Å²) in [4.78, 5) is 23.0. The van der Waals surface area contributed by atoms with Gasteiger partial charge in [0.25, 0.3) is 0 Å². The first kappa shape index (κ1) is 15.4. The molecule has 0 radical (unpaired) electrons. The van der Waals surface area contributed by atoms with Crippen LogP contribution in [0.3, 0.4) is 0 Å². The van der Waals surface area contributed by atoms with Gasteiger partial charge in [0, 0.05) is 5.92 Å². The van der Waals surface area contributed by atoms with Gasteiger partial charge in [0.1, 0.15) is 6.04 Å². The summed E-state index contributed by atoms with van der Waals surface area (Å²) in [5.41, 5.74) is 0.566. The van der Waals surface area contributed by atoms with E-state index in [-0.39, 0.29) is 17.7 Å². The number of carboxylic acid groups (broad SMARTS) is 1. The van der Waals surface area contributed by atoms with Gasteiger partial charge in [-0.1, -0.05) is 19.4 Å². The van der Waals surface area contributed by atoms with Gasteiger partial charge in [0.05, 0.1) is 0 Å². The molecule has 1 saturated carbocycles. The Hall–Kier alpha value is -1.98. The topological polar surface area (TPSA) is 66.4 Å². The minimum absolute atomic E-state index is 0.170. The number of halogens is 2. The van der Waals surface area contributed by atoms with Crippen molar-refractivity contribution in [3.8, 4) is 0 Å². The molecule has 21 heavy (non-hydrogen) atoms. The zero-order valence-electron chi connectivity index (χ0n) is 11.6. The third kappa shape index (κ3) is 3.56. The fourth-order valence-electron chi connectivity index (χ4n) is 2.42. The van der Waals surface area contributed by atoms with E-state index in [1.807, 2.05) is 6.92 Å². The van der Waals surface area contributed by atoms with E-state index in [9.17, 15) is 18.4 Å². The van der Waals surface area contributed by atoms with Crippen molar-refractivity contribution in [2.24, 2.45) is 5.92 Å². The number of carbonyl (C=O) groups excluding carboxylic acids is 1. The van der Waals surface area contributed by atoms with Crippen LogP contribution in [0.5, 0.6) is 0 Å². The standard InChI is InChI=1S/C15H17F2NO3/c1-2-3-13(15(20)21)18-14(19)10-7-9(10)8-4-5-11(16)12(17)6-8/h4-6,9-10,13H,2-3,7H2,1H3,(H,18,19)(H,20,21). The van der Waals surface area contributed by atoms with Gasteiger partial charge in [-0.25, -0.2) is 13.6 Å². The molecule has 2 rings (SSSR count). The van der Waals surface area contributed by atoms with E-state index in [0.717, 1.165) is 12.1 Å². The van der Waals surface area contributed by atoms with Crippen LogP contribution in [-0.2, 0) is 9.59 Å². The summed E-state index contributed by atoms with van der Waals surface area (Å²) in [7, 11) is 0. The van der Waals surface area contributed by atoms with E-state index in [4.69, 9.17) is 5.11 Å². The van der Waals surface area contributed by atoms with Gasteiger partial charge >= 0.3 is 5.97 Å². The predicted octanol–water partition coefficient (Wildman–Crippen LogP) is 2.44. The van der Waals surface area contributed by atoms with Crippen molar-refractivity contribution in [1.29, 1.82) is 0 Å². The van der Waals surface area contributed by atoms with E-state index >= 15 is 0 Å². The van der Waals surface area contributed by atoms with Crippen LogP contribution in [0.2, 0.25) is 0 Å². The molecule has 0 saturated heterocycles. The normalized spacial score (nSPS) is 21.7. The van der Waals surface area contributed by atoms with Crippen LogP contribution in [0.25, 0.3) is 0 Å². The Morgan fingerprint density at radius 2 is 2.10 bits per heavy atom. The number of hydrogen-bond donors (Lipinski definition) is 2. The molecule has 6 heteroatoms. The minimum atomic E-state index is -1.06. The highest BCUT2D eigenvalue weighted by atomic mass is 19.2. The second kappa shape index (κ2) is 6.20. The van der Waals surface area contributed by atoms with Gasteiger partial charge in [-0.05, 0) is 36.5 Å². The molecule has 4 nitrogen and oxygen atoms in total. The van der Waals surface area contributed by atoms with E-state index in [1.54, 1.807) is 0 Å². The minimum Gasteiger partial charge on any atom is -0.480 e. The summed E-state index contributed by atoms with van der Waals surface area (Å²) in [5.74, 6) is -3.80. The molecule has 0 heterocycles. The number of carboxylic acids is 1. The third-order valence-corrected chi connectivity index (χ3v) is 3.69. The number of benzene rings is 1. The highest BCUT2D eigenvalue weighted by Gasteiger charge is 2.45. The lowest BCUT2D eigenvalue weighted by atomic mass is 10.1. The van der Waals surface area contributed by atoms with Crippen LogP contribution in [0.15, 0.2) is 18.2 Å². The molecule has 2 N–H and O–H groups in total. The molecular weight excluding hydrogens is 280 g/mol. The number of rotatable bonds is 6. The molecule has 1 fully saturated rings. The van der Waals surface area contributed by atoms with E-state index in [1.165, 1.54) is 6.07 Å². The number of carbonyl (C=O) groups is 2. The fraction of sp³-hybridized carbons (Fsp3) is 0.467. The fourth-order valence-corrected chi connectivity index (χ4v) is 2.42. The zero-order valence-corrected chi connectivity index (χ0v) is 11.6. The number of hydrogen-bond acceptors (Lipinski definition) is 2. The SMILES string of the molecule is CCCC(NC(=O)C1CC1c1ccc(F)c(F)c1)C(=O)O. The monoisotopic (exact) mass is 297 g/mol. The number of nitrogens with one attached hydrogen (secondary N) is 1. The molecule has 1 aliphatic carbocycles. The summed E-state index contributed by atoms with van der Waals surface area (Å²) < 4.78 is 26.0. The first-order chi connectivity index (χ1) is 9.93. The van der Waals surface area contributed by atoms with Gasteiger partial charge in [0.15, 0.2) is 11.6 Å². The Morgan fingerprint density at radius 3 is 2.67 bits per heavy atom. The van der Waals surface area contributed by atoms with Crippen LogP contribution < -0.4 is 5.32 Å². The zero-order chi connectivity index (χ0) is 15.6. The van der Waals surface area contributed by atoms with Crippen molar-refractivity contribution in [2.75, 3.05) is 0 Å². The van der Waals surface area contributed by atoms with Gasteiger partial charge < -0.3 is 10.4 Å². The highest BCUT2D eigenvalue weighted by Crippen LogP contribution is 2.47. The summed E-state index contributed by atoms with van der Waals surface area (Å²) in [5, 5.41) is 11.5. The molecular formula is C15H17F2NO3. The Bertz CT molecular complexity index is 562. The van der Waals surface area contributed by atoms with Crippen LogP contribution in [0.1, 0.15) is 37.7 Å². The van der Waals surface area contributed by atoms with Crippen LogP contribution in [0.4, 0.5) is 8.78 Å². The van der Waals surface area contributed by atoms with Crippen molar-refractivity contribution in [3.05, 3.63) is 35.4 Å². The lowest BCUT2D eigenvalue weighted by molar-refractivity contribution is -0.142. The molecule has 3 atom stereocenters. The first-order valence-electron chi connectivity index (χ1n) is 6.92. The van der Waals surface area contributed by atoms with Crippen LogP contribution >= 0.6 is 0 Å². The molecule has 0 bridgehead atoms. The molecule has 1 aliphatic rings. The molecule has 3 unspecified atom stereocenters. The van der Waals surface area contributed by atoms with Crippen molar-refractivity contribution >= 4 is 11.9 Å². The third-order valence-electron chi connectivity index (χ3n) is 3.69. The largest absolute Gasteiger partial charge is 0.480 e. The molecule has 0 aromatic heterocycles. The maximum Gasteiger partial charge on any atom is 0.326 e. The second-order valence-electron chi connectivity index (χ2n) is 5.31. The maximum absolute atomic E-state index is 13.2. The Kier molecular flexibility index (Phi) is 4.55. The average molecular weight is 297 g/mol. The quantitative estimate of drug-likeness (QED) is 0.847. The number of amides is 1. The second-order valence-corrected chi connectivity index (χ2v) is 5.31. The van der Waals surface area contributed by atoms with Gasteiger partial charge in [-0.15, -0.1) is 0 Å². The van der Waals surface area contributed by atoms with Crippen LogP contribution in [0, 0.1) is 17.6 Å². The van der Waals surface area contributed by atoms with Crippen molar-refractivity contribution in [3.63, 3.8) is 0 Å². The van der Waals surface area contributed by atoms with Gasteiger partial charge in [-0.3, -0.25) is 4.79 Å². The van der Waals surface area contributed by atoms with Crippen molar-refractivity contribution in [1.82, 2.24) is 5.32 Å². The van der Waals surface area contributed by atoms with E-state index in [0.29, 0.717) is 24.8 Å². The summed E-state index contributed by atoms with van der Waals surface area (Å²) in [6, 6.07) is 2.69. The summed E-state index contributed by atoms with van der Waals surface area (Å²) in [6.07, 6.45) is 1.54. The lowest BCUT2D eigenvalue weighted by Crippen LogP contribution is -2.41. The van der Waals surface area contributed by atoms with Crippen LogP contribution in [-0.4, -0.2) is 23.0 Å².